The number of aromatic nitrogens is 1. The van der Waals surface area contributed by atoms with Gasteiger partial charge in [0.15, 0.2) is 0 Å². The zero-order valence-corrected chi connectivity index (χ0v) is 15.4. The predicted octanol–water partition coefficient (Wildman–Crippen LogP) is 6.31. The van der Waals surface area contributed by atoms with E-state index in [1.54, 1.807) is 12.1 Å². The fourth-order valence-electron chi connectivity index (χ4n) is 2.73. The molecule has 3 aromatic rings. The van der Waals surface area contributed by atoms with Gasteiger partial charge in [-0.3, -0.25) is 4.98 Å². The number of aryl methyl sites for hydroxylation is 1. The second-order valence-corrected chi connectivity index (χ2v) is 6.47. The van der Waals surface area contributed by atoms with Crippen molar-refractivity contribution in [1.82, 2.24) is 4.98 Å². The minimum atomic E-state index is -4.47. The molecule has 142 valence electrons. The van der Waals surface area contributed by atoms with E-state index in [-0.39, 0.29) is 12.4 Å². The van der Waals surface area contributed by atoms with Crippen LogP contribution in [-0.2, 0) is 6.18 Å². The molecule has 1 aromatic heterocycles. The zero-order chi connectivity index (χ0) is 19.4. The number of alkyl halides is 4. The molecule has 0 saturated heterocycles. The van der Waals surface area contributed by atoms with Gasteiger partial charge < -0.3 is 10.1 Å². The van der Waals surface area contributed by atoms with E-state index >= 15 is 0 Å². The second-order valence-electron chi connectivity index (χ2n) is 6.09. The van der Waals surface area contributed by atoms with E-state index in [0.717, 1.165) is 28.7 Å². The number of para-hydroxylation sites is 1. The Hall–Kier alpha value is -2.47. The van der Waals surface area contributed by atoms with E-state index in [9.17, 15) is 13.2 Å². The number of hydrogen-bond donors (Lipinski definition) is 1. The first kappa shape index (κ1) is 19.3. The summed E-state index contributed by atoms with van der Waals surface area (Å²) in [6.45, 7) is 2.09. The van der Waals surface area contributed by atoms with Gasteiger partial charge in [0, 0.05) is 34.4 Å². The highest BCUT2D eigenvalue weighted by Gasteiger charge is 2.31. The van der Waals surface area contributed by atoms with Crippen LogP contribution in [0.1, 0.15) is 17.7 Å². The first-order valence-electron chi connectivity index (χ1n) is 8.41. The van der Waals surface area contributed by atoms with Gasteiger partial charge in [0.25, 0.3) is 0 Å². The highest BCUT2D eigenvalue weighted by molar-refractivity contribution is 6.17. The molecule has 0 spiro atoms. The van der Waals surface area contributed by atoms with Crippen LogP contribution in [0.3, 0.4) is 0 Å². The number of halogens is 4. The third-order valence-electron chi connectivity index (χ3n) is 3.90. The van der Waals surface area contributed by atoms with Crippen molar-refractivity contribution in [3.63, 3.8) is 0 Å². The number of nitrogens with zero attached hydrogens (tertiary/aromatic N) is 1. The summed E-state index contributed by atoms with van der Waals surface area (Å²) in [5.74, 6) is 0.527. The molecule has 0 atom stereocenters. The van der Waals surface area contributed by atoms with Crippen molar-refractivity contribution in [2.75, 3.05) is 17.8 Å². The number of rotatable bonds is 6. The Labute approximate surface area is 160 Å². The summed E-state index contributed by atoms with van der Waals surface area (Å²) in [5.41, 5.74) is 1.74. The molecular formula is C20H18ClF3N2O. The molecule has 3 rings (SSSR count). The van der Waals surface area contributed by atoms with Crippen molar-refractivity contribution in [2.24, 2.45) is 0 Å². The zero-order valence-electron chi connectivity index (χ0n) is 14.6. The molecule has 0 saturated carbocycles. The quantitative estimate of drug-likeness (QED) is 0.392. The molecule has 1 N–H and O–H groups in total. The number of pyridine rings is 1. The fraction of sp³-hybridized carbons (Fsp3) is 0.250. The van der Waals surface area contributed by atoms with Crippen LogP contribution in [0.15, 0.2) is 48.5 Å². The lowest BCUT2D eigenvalue weighted by Gasteiger charge is -2.15. The fourth-order valence-corrected chi connectivity index (χ4v) is 2.84. The Morgan fingerprint density at radius 3 is 2.63 bits per heavy atom. The molecule has 0 unspecified atom stereocenters. The van der Waals surface area contributed by atoms with Gasteiger partial charge in [-0.2, -0.15) is 13.2 Å². The molecule has 2 aromatic carbocycles. The molecular weight excluding hydrogens is 377 g/mol. The van der Waals surface area contributed by atoms with Crippen LogP contribution in [0.5, 0.6) is 5.75 Å². The van der Waals surface area contributed by atoms with E-state index in [2.05, 4.69) is 10.3 Å². The average Bonchev–Trinajstić information content (AvgIpc) is 2.61. The summed E-state index contributed by atoms with van der Waals surface area (Å²) in [6.07, 6.45) is -3.92. The summed E-state index contributed by atoms with van der Waals surface area (Å²) in [5, 5.41) is 3.91. The first-order chi connectivity index (χ1) is 12.9. The number of ether oxygens (including phenoxy) is 1. The van der Waals surface area contributed by atoms with E-state index in [0.29, 0.717) is 23.7 Å². The number of benzene rings is 2. The van der Waals surface area contributed by atoms with Crippen LogP contribution in [0.4, 0.5) is 24.5 Å². The maximum atomic E-state index is 13.3. The van der Waals surface area contributed by atoms with Crippen LogP contribution >= 0.6 is 11.6 Å². The second kappa shape index (κ2) is 8.05. The number of nitrogens with one attached hydrogen (secondary N) is 1. The summed E-state index contributed by atoms with van der Waals surface area (Å²) >= 11 is 5.60. The topological polar surface area (TPSA) is 34.1 Å². The maximum absolute atomic E-state index is 13.3. The van der Waals surface area contributed by atoms with Crippen molar-refractivity contribution >= 4 is 33.9 Å². The Balaban J connectivity index is 2.00. The minimum absolute atomic E-state index is 0.146. The smallest absolute Gasteiger partial charge is 0.416 e. The lowest BCUT2D eigenvalue weighted by atomic mass is 10.1. The van der Waals surface area contributed by atoms with Gasteiger partial charge in [0.2, 0.25) is 0 Å². The predicted molar refractivity (Wildman–Crippen MR) is 102 cm³/mol. The number of anilines is 2. The van der Waals surface area contributed by atoms with Crippen molar-refractivity contribution in [3.8, 4) is 5.75 Å². The molecule has 0 aliphatic carbocycles. The number of hydrogen-bond acceptors (Lipinski definition) is 3. The molecule has 0 amide bonds. The van der Waals surface area contributed by atoms with Gasteiger partial charge in [-0.25, -0.2) is 0 Å². The van der Waals surface area contributed by atoms with Crippen LogP contribution in [0.25, 0.3) is 10.9 Å². The van der Waals surface area contributed by atoms with Crippen molar-refractivity contribution < 1.29 is 17.9 Å². The Morgan fingerprint density at radius 2 is 1.89 bits per heavy atom. The highest BCUT2D eigenvalue weighted by atomic mass is 35.5. The van der Waals surface area contributed by atoms with Gasteiger partial charge in [-0.1, -0.05) is 18.2 Å². The molecule has 0 aliphatic rings. The van der Waals surface area contributed by atoms with Gasteiger partial charge in [0.05, 0.1) is 17.7 Å². The largest absolute Gasteiger partial charge is 0.493 e. The van der Waals surface area contributed by atoms with Gasteiger partial charge in [-0.05, 0) is 37.6 Å². The molecule has 7 heteroatoms. The van der Waals surface area contributed by atoms with Gasteiger partial charge in [-0.15, -0.1) is 11.6 Å². The third-order valence-corrected chi connectivity index (χ3v) is 4.17. The minimum Gasteiger partial charge on any atom is -0.493 e. The normalized spacial score (nSPS) is 11.6. The third kappa shape index (κ3) is 4.83. The van der Waals surface area contributed by atoms with E-state index < -0.39 is 11.7 Å². The summed E-state index contributed by atoms with van der Waals surface area (Å²) < 4.78 is 45.3. The summed E-state index contributed by atoms with van der Waals surface area (Å²) in [7, 11) is 0. The van der Waals surface area contributed by atoms with Crippen molar-refractivity contribution in [1.29, 1.82) is 0 Å². The van der Waals surface area contributed by atoms with E-state index in [1.807, 2.05) is 31.2 Å². The molecule has 1 heterocycles. The van der Waals surface area contributed by atoms with Crippen molar-refractivity contribution in [3.05, 3.63) is 59.8 Å². The van der Waals surface area contributed by atoms with Gasteiger partial charge in [0.1, 0.15) is 5.75 Å². The standard InChI is InChI=1S/C20H18ClF3N2O/c1-13-9-19(17-5-2-3-6-18(17)25-13)26-15-10-14(20(22,23)24)11-16(12-15)27-8-4-7-21/h2-3,5-6,9-12H,4,7-8H2,1H3,(H,25,26). The molecule has 3 nitrogen and oxygen atoms in total. The van der Waals surface area contributed by atoms with E-state index in [4.69, 9.17) is 16.3 Å². The summed E-state index contributed by atoms with van der Waals surface area (Å²) in [4.78, 5) is 4.45. The van der Waals surface area contributed by atoms with Gasteiger partial charge >= 0.3 is 6.18 Å². The molecule has 27 heavy (non-hydrogen) atoms. The van der Waals surface area contributed by atoms with Crippen LogP contribution in [-0.4, -0.2) is 17.5 Å². The lowest BCUT2D eigenvalue weighted by molar-refractivity contribution is -0.137. The van der Waals surface area contributed by atoms with Crippen LogP contribution < -0.4 is 10.1 Å². The monoisotopic (exact) mass is 394 g/mol. The Morgan fingerprint density at radius 1 is 1.11 bits per heavy atom. The van der Waals surface area contributed by atoms with Crippen LogP contribution in [0.2, 0.25) is 0 Å². The highest BCUT2D eigenvalue weighted by Crippen LogP contribution is 2.36. The first-order valence-corrected chi connectivity index (χ1v) is 8.95. The molecule has 0 radical (unpaired) electrons. The molecule has 0 bridgehead atoms. The SMILES string of the molecule is Cc1cc(Nc2cc(OCCCCl)cc(C(F)(F)F)c2)c2ccccc2n1. The van der Waals surface area contributed by atoms with E-state index in [1.165, 1.54) is 0 Å². The molecule has 0 fully saturated rings. The average molecular weight is 395 g/mol. The van der Waals surface area contributed by atoms with Crippen molar-refractivity contribution in [2.45, 2.75) is 19.5 Å². The summed E-state index contributed by atoms with van der Waals surface area (Å²) in [6, 6.07) is 12.9. The Kier molecular flexibility index (Phi) is 5.75. The van der Waals surface area contributed by atoms with Crippen LogP contribution in [0, 0.1) is 6.92 Å². The molecule has 0 aliphatic heterocycles. The maximum Gasteiger partial charge on any atom is 0.416 e. The Bertz CT molecular complexity index is 944. The lowest BCUT2D eigenvalue weighted by Crippen LogP contribution is -2.07. The number of fused-ring (bicyclic) bond motifs is 1.